The first-order valence-corrected chi connectivity index (χ1v) is 4.83. The summed E-state index contributed by atoms with van der Waals surface area (Å²) >= 11 is 0. The Balaban J connectivity index is 2.68. The van der Waals surface area contributed by atoms with Gasteiger partial charge in [0.15, 0.2) is 0 Å². The molecule has 0 saturated heterocycles. The van der Waals surface area contributed by atoms with Gasteiger partial charge in [-0.2, -0.15) is 0 Å². The van der Waals surface area contributed by atoms with E-state index in [1.807, 2.05) is 0 Å². The van der Waals surface area contributed by atoms with Crippen LogP contribution in [0.25, 0.3) is 10.9 Å². The molecule has 0 fully saturated rings. The van der Waals surface area contributed by atoms with Gasteiger partial charge in [-0.15, -0.1) is 0 Å². The molecule has 4 heteroatoms. The zero-order valence-corrected chi connectivity index (χ0v) is 8.50. The van der Waals surface area contributed by atoms with Gasteiger partial charge in [0.25, 0.3) is 0 Å². The fourth-order valence-corrected chi connectivity index (χ4v) is 1.62. The molecule has 1 aromatic carbocycles. The van der Waals surface area contributed by atoms with Gasteiger partial charge in [-0.25, -0.2) is 14.4 Å². The van der Waals surface area contributed by atoms with Crippen LogP contribution in [0.2, 0.25) is 0 Å². The van der Waals surface area contributed by atoms with Crippen LogP contribution in [0, 0.1) is 12.7 Å². The van der Waals surface area contributed by atoms with E-state index in [2.05, 4.69) is 9.97 Å². The first kappa shape index (κ1) is 9.98. The highest BCUT2D eigenvalue weighted by molar-refractivity contribution is 5.80. The maximum absolute atomic E-state index is 13.0. The molecule has 0 aliphatic rings. The van der Waals surface area contributed by atoms with Crippen LogP contribution < -0.4 is 5.73 Å². The van der Waals surface area contributed by atoms with Crippen molar-refractivity contribution in [2.45, 2.75) is 13.3 Å². The SMILES string of the molecule is Cc1nc(CCN)c2ccc(F)cc2n1. The molecule has 0 spiro atoms. The lowest BCUT2D eigenvalue weighted by molar-refractivity contribution is 0.629. The Morgan fingerprint density at radius 3 is 2.87 bits per heavy atom. The first-order valence-electron chi connectivity index (χ1n) is 4.83. The minimum absolute atomic E-state index is 0.278. The Bertz CT molecular complexity index is 491. The minimum Gasteiger partial charge on any atom is -0.330 e. The summed E-state index contributed by atoms with van der Waals surface area (Å²) in [5, 5.41) is 0.882. The molecular weight excluding hydrogens is 193 g/mol. The number of aromatic nitrogens is 2. The van der Waals surface area contributed by atoms with Crippen LogP contribution in [0.4, 0.5) is 4.39 Å². The zero-order chi connectivity index (χ0) is 10.8. The highest BCUT2D eigenvalue weighted by atomic mass is 19.1. The normalized spacial score (nSPS) is 10.9. The number of fused-ring (bicyclic) bond motifs is 1. The van der Waals surface area contributed by atoms with Crippen molar-refractivity contribution in [3.63, 3.8) is 0 Å². The van der Waals surface area contributed by atoms with Crippen molar-refractivity contribution in [2.24, 2.45) is 5.73 Å². The zero-order valence-electron chi connectivity index (χ0n) is 8.50. The lowest BCUT2D eigenvalue weighted by atomic mass is 10.1. The largest absolute Gasteiger partial charge is 0.330 e. The van der Waals surface area contributed by atoms with E-state index in [4.69, 9.17) is 5.73 Å². The van der Waals surface area contributed by atoms with Gasteiger partial charge in [0.05, 0.1) is 11.2 Å². The van der Waals surface area contributed by atoms with Crippen LogP contribution in [0.3, 0.4) is 0 Å². The van der Waals surface area contributed by atoms with Crippen LogP contribution in [0.5, 0.6) is 0 Å². The molecule has 0 aliphatic heterocycles. The third-order valence-electron chi connectivity index (χ3n) is 2.23. The van der Waals surface area contributed by atoms with E-state index in [0.717, 1.165) is 11.1 Å². The van der Waals surface area contributed by atoms with Gasteiger partial charge in [0.1, 0.15) is 11.6 Å². The topological polar surface area (TPSA) is 51.8 Å². The maximum Gasteiger partial charge on any atom is 0.126 e. The Kier molecular flexibility index (Phi) is 2.60. The summed E-state index contributed by atoms with van der Waals surface area (Å²) < 4.78 is 13.0. The van der Waals surface area contributed by atoms with Crippen LogP contribution in [0.15, 0.2) is 18.2 Å². The Morgan fingerprint density at radius 1 is 1.33 bits per heavy atom. The third kappa shape index (κ3) is 1.94. The molecule has 0 radical (unpaired) electrons. The van der Waals surface area contributed by atoms with Gasteiger partial charge in [0.2, 0.25) is 0 Å². The van der Waals surface area contributed by atoms with E-state index in [1.54, 1.807) is 13.0 Å². The molecule has 2 aromatic rings. The Labute approximate surface area is 87.2 Å². The summed E-state index contributed by atoms with van der Waals surface area (Å²) in [4.78, 5) is 8.49. The predicted octanol–water partition coefficient (Wildman–Crippen LogP) is 1.58. The highest BCUT2D eigenvalue weighted by Crippen LogP contribution is 2.17. The van der Waals surface area contributed by atoms with Crippen molar-refractivity contribution < 1.29 is 4.39 Å². The van der Waals surface area contributed by atoms with E-state index >= 15 is 0 Å². The monoisotopic (exact) mass is 205 g/mol. The minimum atomic E-state index is -0.278. The number of halogens is 1. The van der Waals surface area contributed by atoms with Crippen molar-refractivity contribution in [1.29, 1.82) is 0 Å². The van der Waals surface area contributed by atoms with E-state index in [-0.39, 0.29) is 5.82 Å². The maximum atomic E-state index is 13.0. The van der Waals surface area contributed by atoms with Gasteiger partial charge in [0, 0.05) is 17.9 Å². The van der Waals surface area contributed by atoms with E-state index in [9.17, 15) is 4.39 Å². The molecular formula is C11H12FN3. The summed E-state index contributed by atoms with van der Waals surface area (Å²) in [6.07, 6.45) is 0.686. The van der Waals surface area contributed by atoms with Gasteiger partial charge < -0.3 is 5.73 Å². The first-order chi connectivity index (χ1) is 7.20. The van der Waals surface area contributed by atoms with E-state index in [0.29, 0.717) is 24.3 Å². The molecule has 1 aromatic heterocycles. The lowest BCUT2D eigenvalue weighted by Crippen LogP contribution is -2.06. The van der Waals surface area contributed by atoms with Gasteiger partial charge in [-0.1, -0.05) is 0 Å². The summed E-state index contributed by atoms with van der Waals surface area (Å²) in [5.74, 6) is 0.371. The predicted molar refractivity (Wildman–Crippen MR) is 57.0 cm³/mol. The third-order valence-corrected chi connectivity index (χ3v) is 2.23. The molecule has 0 saturated carbocycles. The Hall–Kier alpha value is -1.55. The van der Waals surface area contributed by atoms with Crippen molar-refractivity contribution in [2.75, 3.05) is 6.54 Å². The standard InChI is InChI=1S/C11H12FN3/c1-7-14-10(4-5-13)9-3-2-8(12)6-11(9)15-7/h2-3,6H,4-5,13H2,1H3. The smallest absolute Gasteiger partial charge is 0.126 e. The van der Waals surface area contributed by atoms with E-state index in [1.165, 1.54) is 12.1 Å². The van der Waals surface area contributed by atoms with Crippen LogP contribution in [0.1, 0.15) is 11.5 Å². The molecule has 0 atom stereocenters. The molecule has 0 aliphatic carbocycles. The fourth-order valence-electron chi connectivity index (χ4n) is 1.62. The number of hydrogen-bond acceptors (Lipinski definition) is 3. The summed E-state index contributed by atoms with van der Waals surface area (Å²) in [5.41, 5.74) is 7.03. The van der Waals surface area contributed by atoms with Crippen LogP contribution in [-0.4, -0.2) is 16.5 Å². The van der Waals surface area contributed by atoms with E-state index < -0.39 is 0 Å². The second kappa shape index (κ2) is 3.90. The van der Waals surface area contributed by atoms with Crippen LogP contribution in [-0.2, 0) is 6.42 Å². The molecule has 2 rings (SSSR count). The number of aryl methyl sites for hydroxylation is 1. The fraction of sp³-hybridized carbons (Fsp3) is 0.273. The van der Waals surface area contributed by atoms with Gasteiger partial charge in [-0.3, -0.25) is 0 Å². The van der Waals surface area contributed by atoms with Gasteiger partial charge in [-0.05, 0) is 25.6 Å². The Morgan fingerprint density at radius 2 is 2.13 bits per heavy atom. The molecule has 1 heterocycles. The van der Waals surface area contributed by atoms with Crippen molar-refractivity contribution in [3.05, 3.63) is 35.5 Å². The summed E-state index contributed by atoms with van der Waals surface area (Å²) in [6.45, 7) is 2.33. The molecule has 0 bridgehead atoms. The average molecular weight is 205 g/mol. The van der Waals surface area contributed by atoms with Crippen molar-refractivity contribution >= 4 is 10.9 Å². The molecule has 78 valence electrons. The summed E-state index contributed by atoms with van der Waals surface area (Å²) in [6, 6.07) is 4.54. The van der Waals surface area contributed by atoms with Crippen molar-refractivity contribution in [3.8, 4) is 0 Å². The number of rotatable bonds is 2. The number of nitrogens with zero attached hydrogens (tertiary/aromatic N) is 2. The second-order valence-corrected chi connectivity index (χ2v) is 3.42. The number of benzene rings is 1. The summed E-state index contributed by atoms with van der Waals surface area (Å²) in [7, 11) is 0. The quantitative estimate of drug-likeness (QED) is 0.809. The van der Waals surface area contributed by atoms with Crippen LogP contribution >= 0.6 is 0 Å². The van der Waals surface area contributed by atoms with Crippen molar-refractivity contribution in [1.82, 2.24) is 9.97 Å². The number of hydrogen-bond donors (Lipinski definition) is 1. The molecule has 2 N–H and O–H groups in total. The van der Waals surface area contributed by atoms with Gasteiger partial charge >= 0.3 is 0 Å². The molecule has 15 heavy (non-hydrogen) atoms. The molecule has 0 unspecified atom stereocenters. The number of nitrogens with two attached hydrogens (primary N) is 1. The second-order valence-electron chi connectivity index (χ2n) is 3.42. The molecule has 0 amide bonds. The lowest BCUT2D eigenvalue weighted by Gasteiger charge is -2.05. The average Bonchev–Trinajstić information content (AvgIpc) is 2.17. The highest BCUT2D eigenvalue weighted by Gasteiger charge is 2.05. The molecule has 3 nitrogen and oxygen atoms in total.